The Bertz CT molecular complexity index is 768. The molecule has 1 aliphatic heterocycles. The Hall–Kier alpha value is -3.28. The summed E-state index contributed by atoms with van der Waals surface area (Å²) >= 11 is 0. The van der Waals surface area contributed by atoms with Gasteiger partial charge >= 0.3 is 0 Å². The molecule has 6 heteroatoms. The molecule has 0 spiro atoms. The van der Waals surface area contributed by atoms with E-state index in [1.807, 2.05) is 24.3 Å². The van der Waals surface area contributed by atoms with E-state index >= 15 is 0 Å². The number of benzene rings is 2. The van der Waals surface area contributed by atoms with Gasteiger partial charge in [-0.2, -0.15) is 0 Å². The molecular formula is C17H19N5O. The van der Waals surface area contributed by atoms with Crippen molar-refractivity contribution in [1.29, 1.82) is 0 Å². The van der Waals surface area contributed by atoms with Gasteiger partial charge in [0.25, 0.3) is 0 Å². The Kier molecular flexibility index (Phi) is 3.50. The molecule has 6 nitrogen and oxygen atoms in total. The third-order valence-electron chi connectivity index (χ3n) is 3.87. The molecule has 1 aliphatic rings. The molecule has 0 saturated carbocycles. The average Bonchev–Trinajstić information content (AvgIpc) is 2.52. The van der Waals surface area contributed by atoms with E-state index in [0.29, 0.717) is 34.0 Å². The number of hydrogen-bond acceptors (Lipinski definition) is 6. The molecule has 118 valence electrons. The molecule has 0 atom stereocenters. The molecule has 2 aromatic carbocycles. The van der Waals surface area contributed by atoms with Crippen LogP contribution in [0.25, 0.3) is 11.1 Å². The van der Waals surface area contributed by atoms with Crippen LogP contribution in [0.1, 0.15) is 11.5 Å². The van der Waals surface area contributed by atoms with Crippen LogP contribution in [0.2, 0.25) is 0 Å². The summed E-state index contributed by atoms with van der Waals surface area (Å²) in [4.78, 5) is 0. The second kappa shape index (κ2) is 5.49. The maximum absolute atomic E-state index is 6.23. The van der Waals surface area contributed by atoms with E-state index in [1.54, 1.807) is 24.7 Å². The SMILES string of the molecule is Nc1cc(-c2c(N)cc(C3C=COC=C3)cc2N)cc(N)c1N. The topological polar surface area (TPSA) is 139 Å². The molecule has 0 bridgehead atoms. The van der Waals surface area contributed by atoms with Crippen molar-refractivity contribution in [2.75, 3.05) is 28.7 Å². The molecule has 3 rings (SSSR count). The van der Waals surface area contributed by atoms with Crippen molar-refractivity contribution in [2.24, 2.45) is 0 Å². The highest BCUT2D eigenvalue weighted by Gasteiger charge is 2.15. The van der Waals surface area contributed by atoms with Crippen molar-refractivity contribution in [3.63, 3.8) is 0 Å². The highest BCUT2D eigenvalue weighted by molar-refractivity contribution is 5.93. The minimum absolute atomic E-state index is 0.0731. The lowest BCUT2D eigenvalue weighted by molar-refractivity contribution is 0.390. The van der Waals surface area contributed by atoms with Gasteiger partial charge in [-0.3, -0.25) is 0 Å². The summed E-state index contributed by atoms with van der Waals surface area (Å²) in [5, 5.41) is 0. The summed E-state index contributed by atoms with van der Waals surface area (Å²) < 4.78 is 5.05. The molecular weight excluding hydrogens is 290 g/mol. The summed E-state index contributed by atoms with van der Waals surface area (Å²) in [5.74, 6) is 0.0731. The maximum Gasteiger partial charge on any atom is 0.0870 e. The first kappa shape index (κ1) is 14.6. The van der Waals surface area contributed by atoms with E-state index in [4.69, 9.17) is 33.4 Å². The molecule has 10 N–H and O–H groups in total. The Balaban J connectivity index is 2.09. The van der Waals surface area contributed by atoms with E-state index in [0.717, 1.165) is 11.1 Å². The van der Waals surface area contributed by atoms with Crippen LogP contribution >= 0.6 is 0 Å². The number of ether oxygens (including phenoxy) is 1. The maximum atomic E-state index is 6.23. The van der Waals surface area contributed by atoms with Crippen LogP contribution in [0.15, 0.2) is 48.9 Å². The standard InChI is InChI=1S/C17H19N5O/c18-12-5-10(9-1-3-23-4-2-9)6-13(19)16(12)11-7-14(20)17(22)15(21)8-11/h1-9H,18-22H2. The van der Waals surface area contributed by atoms with Crippen LogP contribution < -0.4 is 28.7 Å². The van der Waals surface area contributed by atoms with Gasteiger partial charge in [-0.05, 0) is 47.5 Å². The van der Waals surface area contributed by atoms with Gasteiger partial charge in [-0.1, -0.05) is 0 Å². The fourth-order valence-corrected chi connectivity index (χ4v) is 2.67. The Morgan fingerprint density at radius 2 is 1.22 bits per heavy atom. The summed E-state index contributed by atoms with van der Waals surface area (Å²) in [6.07, 6.45) is 7.11. The molecule has 0 amide bonds. The minimum Gasteiger partial charge on any atom is -0.473 e. The quantitative estimate of drug-likeness (QED) is 0.540. The zero-order valence-electron chi connectivity index (χ0n) is 12.5. The van der Waals surface area contributed by atoms with E-state index in [2.05, 4.69) is 0 Å². The summed E-state index contributed by atoms with van der Waals surface area (Å²) in [5.41, 5.74) is 34.7. The van der Waals surface area contributed by atoms with Gasteiger partial charge in [0.1, 0.15) is 0 Å². The van der Waals surface area contributed by atoms with Crippen LogP contribution in [0.5, 0.6) is 0 Å². The number of hydrogen-bond donors (Lipinski definition) is 5. The molecule has 1 heterocycles. The van der Waals surface area contributed by atoms with Crippen molar-refractivity contribution in [1.82, 2.24) is 0 Å². The number of rotatable bonds is 2. The summed E-state index contributed by atoms with van der Waals surface area (Å²) in [6.45, 7) is 0. The van der Waals surface area contributed by atoms with Gasteiger partial charge in [-0.25, -0.2) is 0 Å². The molecule has 23 heavy (non-hydrogen) atoms. The molecule has 0 fully saturated rings. The zero-order chi connectivity index (χ0) is 16.6. The van der Waals surface area contributed by atoms with E-state index in [1.165, 1.54) is 0 Å². The first-order valence-corrected chi connectivity index (χ1v) is 7.10. The predicted octanol–water partition coefficient (Wildman–Crippen LogP) is 2.41. The fourth-order valence-electron chi connectivity index (χ4n) is 2.67. The highest BCUT2D eigenvalue weighted by atomic mass is 16.5. The fraction of sp³-hybridized carbons (Fsp3) is 0.0588. The Morgan fingerprint density at radius 3 is 1.74 bits per heavy atom. The smallest absolute Gasteiger partial charge is 0.0870 e. The van der Waals surface area contributed by atoms with E-state index in [9.17, 15) is 0 Å². The Labute approximate surface area is 134 Å². The third kappa shape index (κ3) is 2.62. The second-order valence-corrected chi connectivity index (χ2v) is 5.46. The van der Waals surface area contributed by atoms with Gasteiger partial charge in [0, 0.05) is 22.9 Å². The monoisotopic (exact) mass is 309 g/mol. The van der Waals surface area contributed by atoms with Crippen molar-refractivity contribution in [2.45, 2.75) is 5.92 Å². The van der Waals surface area contributed by atoms with Crippen molar-refractivity contribution < 1.29 is 4.74 Å². The third-order valence-corrected chi connectivity index (χ3v) is 3.87. The second-order valence-electron chi connectivity index (χ2n) is 5.46. The van der Waals surface area contributed by atoms with Crippen LogP contribution in [0, 0.1) is 0 Å². The number of allylic oxidation sites excluding steroid dienone is 2. The van der Waals surface area contributed by atoms with E-state index in [-0.39, 0.29) is 5.92 Å². The van der Waals surface area contributed by atoms with Crippen LogP contribution in [0.4, 0.5) is 28.4 Å². The minimum atomic E-state index is 0.0731. The first-order valence-electron chi connectivity index (χ1n) is 7.10. The molecule has 0 aromatic heterocycles. The first-order chi connectivity index (χ1) is 11.0. The predicted molar refractivity (Wildman–Crippen MR) is 96.0 cm³/mol. The van der Waals surface area contributed by atoms with Gasteiger partial charge in [0.05, 0.1) is 29.6 Å². The number of nitrogens with two attached hydrogens (primary N) is 5. The zero-order valence-corrected chi connectivity index (χ0v) is 12.5. The number of nitrogen functional groups attached to an aromatic ring is 5. The van der Waals surface area contributed by atoms with E-state index < -0.39 is 0 Å². The largest absolute Gasteiger partial charge is 0.473 e. The van der Waals surface area contributed by atoms with Crippen LogP contribution in [-0.2, 0) is 4.74 Å². The van der Waals surface area contributed by atoms with Gasteiger partial charge in [0.2, 0.25) is 0 Å². The molecule has 0 saturated heterocycles. The molecule has 0 aliphatic carbocycles. The van der Waals surface area contributed by atoms with Crippen molar-refractivity contribution in [3.8, 4) is 11.1 Å². The molecule has 0 unspecified atom stereocenters. The lowest BCUT2D eigenvalue weighted by atomic mass is 9.92. The van der Waals surface area contributed by atoms with Crippen molar-refractivity contribution in [3.05, 3.63) is 54.5 Å². The van der Waals surface area contributed by atoms with Gasteiger partial charge in [0.15, 0.2) is 0 Å². The normalized spacial score (nSPS) is 13.9. The average molecular weight is 309 g/mol. The number of anilines is 5. The molecule has 0 radical (unpaired) electrons. The lowest BCUT2D eigenvalue weighted by Crippen LogP contribution is -2.04. The lowest BCUT2D eigenvalue weighted by Gasteiger charge is -2.17. The van der Waals surface area contributed by atoms with Crippen molar-refractivity contribution >= 4 is 28.4 Å². The molecule has 2 aromatic rings. The van der Waals surface area contributed by atoms with Crippen LogP contribution in [0.3, 0.4) is 0 Å². The summed E-state index contributed by atoms with van der Waals surface area (Å²) in [6, 6.07) is 7.22. The Morgan fingerprint density at radius 1 is 0.696 bits per heavy atom. The van der Waals surface area contributed by atoms with Crippen LogP contribution in [-0.4, -0.2) is 0 Å². The van der Waals surface area contributed by atoms with Gasteiger partial charge < -0.3 is 33.4 Å². The highest BCUT2D eigenvalue weighted by Crippen LogP contribution is 2.39. The van der Waals surface area contributed by atoms with Gasteiger partial charge in [-0.15, -0.1) is 0 Å². The summed E-state index contributed by atoms with van der Waals surface area (Å²) in [7, 11) is 0.